The number of aromatic nitrogens is 2. The van der Waals surface area contributed by atoms with E-state index in [9.17, 15) is 9.18 Å². The van der Waals surface area contributed by atoms with Crippen LogP contribution in [0.3, 0.4) is 0 Å². The molecule has 0 radical (unpaired) electrons. The number of fused-ring (bicyclic) bond motifs is 3. The van der Waals surface area contributed by atoms with Crippen molar-refractivity contribution in [3.63, 3.8) is 0 Å². The summed E-state index contributed by atoms with van der Waals surface area (Å²) in [7, 11) is 1.91. The van der Waals surface area contributed by atoms with Gasteiger partial charge in [0.05, 0.1) is 23.4 Å². The minimum absolute atomic E-state index is 0.111. The SMILES string of the molecule is CCOC(=O)c1c(COc2ccc(F)cc2)n(C)c2cc(-c3cccnc3)c3c(c12)CN(CC)CO3. The summed E-state index contributed by atoms with van der Waals surface area (Å²) in [5.41, 5.74) is 4.80. The minimum Gasteiger partial charge on any atom is -0.487 e. The first-order chi connectivity index (χ1) is 17.5. The highest BCUT2D eigenvalue weighted by Gasteiger charge is 2.31. The maximum Gasteiger partial charge on any atom is 0.340 e. The van der Waals surface area contributed by atoms with Gasteiger partial charge in [-0.1, -0.05) is 13.0 Å². The van der Waals surface area contributed by atoms with E-state index in [2.05, 4.69) is 16.8 Å². The number of nitrogens with zero attached hydrogens (tertiary/aromatic N) is 3. The maximum atomic E-state index is 13.4. The predicted molar refractivity (Wildman–Crippen MR) is 134 cm³/mol. The summed E-state index contributed by atoms with van der Waals surface area (Å²) in [5, 5.41) is 0.800. The second-order valence-corrected chi connectivity index (χ2v) is 8.63. The number of carbonyl (C=O) groups excluding carboxylic acids is 1. The number of halogens is 1. The van der Waals surface area contributed by atoms with Crippen LogP contribution in [0.1, 0.15) is 35.5 Å². The molecule has 0 fully saturated rings. The van der Waals surface area contributed by atoms with Gasteiger partial charge in [0.2, 0.25) is 0 Å². The van der Waals surface area contributed by atoms with Crippen LogP contribution in [-0.4, -0.2) is 40.3 Å². The normalized spacial score (nSPS) is 13.3. The highest BCUT2D eigenvalue weighted by atomic mass is 19.1. The Kier molecular flexibility index (Phi) is 6.61. The van der Waals surface area contributed by atoms with Crippen LogP contribution in [0, 0.1) is 5.82 Å². The number of hydrogen-bond acceptors (Lipinski definition) is 6. The van der Waals surface area contributed by atoms with Crippen LogP contribution in [0.4, 0.5) is 4.39 Å². The highest BCUT2D eigenvalue weighted by Crippen LogP contribution is 2.44. The predicted octanol–water partition coefficient (Wildman–Crippen LogP) is 5.31. The van der Waals surface area contributed by atoms with Crippen molar-refractivity contribution in [3.8, 4) is 22.6 Å². The van der Waals surface area contributed by atoms with Gasteiger partial charge in [-0.2, -0.15) is 0 Å². The zero-order valence-corrected chi connectivity index (χ0v) is 20.6. The van der Waals surface area contributed by atoms with Crippen LogP contribution < -0.4 is 9.47 Å². The minimum atomic E-state index is -0.411. The summed E-state index contributed by atoms with van der Waals surface area (Å²) < 4.78 is 33.1. The van der Waals surface area contributed by atoms with Crippen LogP contribution in [0.2, 0.25) is 0 Å². The van der Waals surface area contributed by atoms with Crippen LogP contribution in [-0.2, 0) is 24.9 Å². The van der Waals surface area contributed by atoms with Crippen molar-refractivity contribution in [1.82, 2.24) is 14.5 Å². The molecule has 0 unspecified atom stereocenters. The molecule has 1 aliphatic heterocycles. The molecule has 8 heteroatoms. The fourth-order valence-electron chi connectivity index (χ4n) is 4.66. The van der Waals surface area contributed by atoms with Gasteiger partial charge in [-0.05, 0) is 49.9 Å². The van der Waals surface area contributed by atoms with E-state index < -0.39 is 5.97 Å². The van der Waals surface area contributed by atoms with Gasteiger partial charge in [-0.25, -0.2) is 9.18 Å². The quantitative estimate of drug-likeness (QED) is 0.328. The topological polar surface area (TPSA) is 65.8 Å². The van der Waals surface area contributed by atoms with Crippen LogP contribution >= 0.6 is 0 Å². The largest absolute Gasteiger partial charge is 0.487 e. The number of hydrogen-bond donors (Lipinski definition) is 0. The second-order valence-electron chi connectivity index (χ2n) is 8.63. The van der Waals surface area contributed by atoms with Crippen molar-refractivity contribution in [2.45, 2.75) is 27.0 Å². The van der Waals surface area contributed by atoms with Gasteiger partial charge in [0, 0.05) is 48.1 Å². The van der Waals surface area contributed by atoms with E-state index in [-0.39, 0.29) is 19.0 Å². The fourth-order valence-corrected chi connectivity index (χ4v) is 4.66. The molecule has 2 aromatic carbocycles. The molecular weight excluding hydrogens is 461 g/mol. The average molecular weight is 490 g/mol. The molecule has 186 valence electrons. The number of carbonyl (C=O) groups is 1. The molecule has 1 aliphatic rings. The lowest BCUT2D eigenvalue weighted by molar-refractivity contribution is 0.0525. The molecule has 0 amide bonds. The number of aryl methyl sites for hydroxylation is 1. The maximum absolute atomic E-state index is 13.4. The lowest BCUT2D eigenvalue weighted by Crippen LogP contribution is -2.32. The number of rotatable bonds is 7. The smallest absolute Gasteiger partial charge is 0.340 e. The van der Waals surface area contributed by atoms with Crippen molar-refractivity contribution in [2.75, 3.05) is 19.9 Å². The van der Waals surface area contributed by atoms with Crippen molar-refractivity contribution in [2.24, 2.45) is 7.05 Å². The Bertz CT molecular complexity index is 1400. The molecule has 5 rings (SSSR count). The molecule has 0 spiro atoms. The molecule has 3 heterocycles. The van der Waals surface area contributed by atoms with E-state index in [1.807, 2.05) is 36.0 Å². The van der Waals surface area contributed by atoms with Crippen molar-refractivity contribution >= 4 is 16.9 Å². The van der Waals surface area contributed by atoms with E-state index in [1.54, 1.807) is 25.3 Å². The first-order valence-corrected chi connectivity index (χ1v) is 12.0. The summed E-state index contributed by atoms with van der Waals surface area (Å²) in [6.07, 6.45) is 3.55. The molecule has 7 nitrogen and oxygen atoms in total. The number of ether oxygens (including phenoxy) is 3. The molecule has 2 aromatic heterocycles. The van der Waals surface area contributed by atoms with Gasteiger partial charge >= 0.3 is 5.97 Å². The van der Waals surface area contributed by atoms with E-state index in [4.69, 9.17) is 14.2 Å². The highest BCUT2D eigenvalue weighted by molar-refractivity contribution is 6.09. The average Bonchev–Trinajstić information content (AvgIpc) is 3.19. The van der Waals surface area contributed by atoms with Crippen LogP contribution in [0.5, 0.6) is 11.5 Å². The Morgan fingerprint density at radius 2 is 2.00 bits per heavy atom. The third-order valence-corrected chi connectivity index (χ3v) is 6.52. The lowest BCUT2D eigenvalue weighted by atomic mass is 9.95. The molecule has 36 heavy (non-hydrogen) atoms. The van der Waals surface area contributed by atoms with Gasteiger partial charge in [0.15, 0.2) is 0 Å². The number of esters is 1. The monoisotopic (exact) mass is 489 g/mol. The van der Waals surface area contributed by atoms with Gasteiger partial charge in [-0.3, -0.25) is 9.88 Å². The van der Waals surface area contributed by atoms with Gasteiger partial charge in [0.1, 0.15) is 30.7 Å². The Hall–Kier alpha value is -3.91. The van der Waals surface area contributed by atoms with Gasteiger partial charge < -0.3 is 18.8 Å². The molecule has 0 bridgehead atoms. The molecule has 0 saturated heterocycles. The molecule has 0 saturated carbocycles. The van der Waals surface area contributed by atoms with Crippen LogP contribution in [0.15, 0.2) is 54.9 Å². The zero-order chi connectivity index (χ0) is 25.2. The van der Waals surface area contributed by atoms with Crippen molar-refractivity contribution in [1.29, 1.82) is 0 Å². The van der Waals surface area contributed by atoms with E-state index in [0.29, 0.717) is 30.3 Å². The molecular formula is C28H28FN3O4. The molecule has 0 aliphatic carbocycles. The summed E-state index contributed by atoms with van der Waals surface area (Å²) in [6.45, 7) is 6.13. The first-order valence-electron chi connectivity index (χ1n) is 12.0. The third kappa shape index (κ3) is 4.28. The third-order valence-electron chi connectivity index (χ3n) is 6.52. The molecule has 4 aromatic rings. The Morgan fingerprint density at radius 3 is 2.69 bits per heavy atom. The van der Waals surface area contributed by atoms with Gasteiger partial charge in [-0.15, -0.1) is 0 Å². The standard InChI is InChI=1S/C28H28FN3O4/c1-4-32-15-22-25-23(13-21(27(22)36-17-32)18-7-6-12-30-14-18)31(3)24(26(25)28(33)34-5-2)16-35-20-10-8-19(29)9-11-20/h6-14H,4-5,15-17H2,1-3H3. The van der Waals surface area contributed by atoms with E-state index >= 15 is 0 Å². The summed E-state index contributed by atoms with van der Waals surface area (Å²) in [5.74, 6) is 0.511. The Balaban J connectivity index is 1.73. The first kappa shape index (κ1) is 23.8. The zero-order valence-electron chi connectivity index (χ0n) is 20.6. The Morgan fingerprint density at radius 1 is 1.19 bits per heavy atom. The van der Waals surface area contributed by atoms with E-state index in [1.165, 1.54) is 12.1 Å². The number of pyridine rings is 1. The van der Waals surface area contributed by atoms with Crippen molar-refractivity contribution in [3.05, 3.63) is 77.5 Å². The van der Waals surface area contributed by atoms with Crippen LogP contribution in [0.25, 0.3) is 22.0 Å². The van der Waals surface area contributed by atoms with Gasteiger partial charge in [0.25, 0.3) is 0 Å². The lowest BCUT2D eigenvalue weighted by Gasteiger charge is -2.30. The summed E-state index contributed by atoms with van der Waals surface area (Å²) in [4.78, 5) is 19.8. The molecule has 0 atom stereocenters. The fraction of sp³-hybridized carbons (Fsp3) is 0.286. The second kappa shape index (κ2) is 9.99. The molecule has 0 N–H and O–H groups in total. The summed E-state index contributed by atoms with van der Waals surface area (Å²) in [6, 6.07) is 11.8. The van der Waals surface area contributed by atoms with Crippen molar-refractivity contribution < 1.29 is 23.4 Å². The number of benzene rings is 2. The Labute approximate surface area is 209 Å². The summed E-state index contributed by atoms with van der Waals surface area (Å²) >= 11 is 0. The van der Waals surface area contributed by atoms with E-state index in [0.717, 1.165) is 39.9 Å².